The van der Waals surface area contributed by atoms with E-state index in [4.69, 9.17) is 4.74 Å². The van der Waals surface area contributed by atoms with Crippen LogP contribution >= 0.6 is 15.9 Å². The molecule has 1 aliphatic heterocycles. The predicted octanol–water partition coefficient (Wildman–Crippen LogP) is 5.70. The molecule has 1 aliphatic rings. The maximum absolute atomic E-state index is 13.2. The summed E-state index contributed by atoms with van der Waals surface area (Å²) in [5, 5.41) is 11.3. The number of ether oxygens (including phenoxy) is 1. The number of nitrogens with zero attached hydrogens (tertiary/aromatic N) is 2. The largest absolute Gasteiger partial charge is 0.507 e. The standard InChI is InChI=1S/C28H35BrN2O4/c1-5-8-17-35-23-14-11-21(18-19(23)4)26(32)24-25(20-9-12-22(29)13-10-20)31(28(34)27(24)33)16-15-30(6-2)7-3/h9-14,18,25,32H,5-8,15-17H2,1-4H3. The van der Waals surface area contributed by atoms with Gasteiger partial charge in [0, 0.05) is 23.1 Å². The Labute approximate surface area is 216 Å². The summed E-state index contributed by atoms with van der Waals surface area (Å²) in [7, 11) is 0. The fourth-order valence-corrected chi connectivity index (χ4v) is 4.60. The number of likely N-dealkylation sites (tertiary alicyclic amines) is 1. The molecular weight excluding hydrogens is 508 g/mol. The molecule has 0 bridgehead atoms. The molecule has 1 N–H and O–H groups in total. The second kappa shape index (κ2) is 12.4. The summed E-state index contributed by atoms with van der Waals surface area (Å²) < 4.78 is 6.73. The molecule has 0 aromatic heterocycles. The van der Waals surface area contributed by atoms with Crippen molar-refractivity contribution in [2.24, 2.45) is 0 Å². The molecule has 1 atom stereocenters. The number of rotatable bonds is 11. The van der Waals surface area contributed by atoms with Gasteiger partial charge in [-0.25, -0.2) is 0 Å². The van der Waals surface area contributed by atoms with Gasteiger partial charge in [0.1, 0.15) is 11.5 Å². The lowest BCUT2D eigenvalue weighted by Crippen LogP contribution is -2.38. The Kier molecular flexibility index (Phi) is 9.52. The topological polar surface area (TPSA) is 70.1 Å². The van der Waals surface area contributed by atoms with Crippen LogP contribution in [-0.4, -0.2) is 59.4 Å². The number of likely N-dealkylation sites (N-methyl/N-ethyl adjacent to an activating group) is 1. The smallest absolute Gasteiger partial charge is 0.295 e. The van der Waals surface area contributed by atoms with Gasteiger partial charge in [0.05, 0.1) is 18.2 Å². The van der Waals surface area contributed by atoms with E-state index in [0.29, 0.717) is 25.3 Å². The Hall–Kier alpha value is -2.64. The third-order valence-corrected chi connectivity index (χ3v) is 7.01. The Morgan fingerprint density at radius 1 is 1.09 bits per heavy atom. The van der Waals surface area contributed by atoms with Crippen LogP contribution in [0.2, 0.25) is 0 Å². The summed E-state index contributed by atoms with van der Waals surface area (Å²) in [6.07, 6.45) is 2.01. The van der Waals surface area contributed by atoms with E-state index in [0.717, 1.165) is 47.3 Å². The first-order valence-corrected chi connectivity index (χ1v) is 13.1. The van der Waals surface area contributed by atoms with Crippen molar-refractivity contribution < 1.29 is 19.4 Å². The molecule has 35 heavy (non-hydrogen) atoms. The van der Waals surface area contributed by atoms with Crippen molar-refractivity contribution in [1.82, 2.24) is 9.80 Å². The van der Waals surface area contributed by atoms with Crippen LogP contribution in [-0.2, 0) is 9.59 Å². The van der Waals surface area contributed by atoms with Gasteiger partial charge in [0.15, 0.2) is 0 Å². The molecule has 2 aromatic rings. The zero-order valence-corrected chi connectivity index (χ0v) is 22.6. The van der Waals surface area contributed by atoms with Crippen molar-refractivity contribution in [3.63, 3.8) is 0 Å². The number of benzene rings is 2. The monoisotopic (exact) mass is 542 g/mol. The molecule has 1 heterocycles. The molecule has 0 spiro atoms. The van der Waals surface area contributed by atoms with Gasteiger partial charge in [-0.1, -0.05) is 55.3 Å². The molecule has 7 heteroatoms. The number of aryl methyl sites for hydroxylation is 1. The number of amides is 1. The second-order valence-corrected chi connectivity index (χ2v) is 9.67. The van der Waals surface area contributed by atoms with E-state index in [9.17, 15) is 14.7 Å². The summed E-state index contributed by atoms with van der Waals surface area (Å²) in [6.45, 7) is 11.5. The SMILES string of the molecule is CCCCOc1ccc(C(O)=C2C(=O)C(=O)N(CCN(CC)CC)C2c2ccc(Br)cc2)cc1C. The minimum absolute atomic E-state index is 0.121. The first kappa shape index (κ1) is 27.0. The van der Waals surface area contributed by atoms with Crippen LogP contribution in [0.25, 0.3) is 5.76 Å². The number of hydrogen-bond acceptors (Lipinski definition) is 5. The first-order valence-electron chi connectivity index (χ1n) is 12.3. The van der Waals surface area contributed by atoms with Crippen molar-refractivity contribution in [3.8, 4) is 5.75 Å². The van der Waals surface area contributed by atoms with Crippen LogP contribution in [0.15, 0.2) is 52.5 Å². The van der Waals surface area contributed by atoms with Crippen LogP contribution in [0.5, 0.6) is 5.75 Å². The third-order valence-electron chi connectivity index (χ3n) is 6.48. The molecule has 3 rings (SSSR count). The molecule has 6 nitrogen and oxygen atoms in total. The zero-order chi connectivity index (χ0) is 25.5. The average molecular weight is 544 g/mol. The zero-order valence-electron chi connectivity index (χ0n) is 21.0. The Morgan fingerprint density at radius 3 is 2.37 bits per heavy atom. The van der Waals surface area contributed by atoms with E-state index in [1.807, 2.05) is 37.3 Å². The molecule has 1 saturated heterocycles. The maximum Gasteiger partial charge on any atom is 0.295 e. The quantitative estimate of drug-likeness (QED) is 0.171. The minimum atomic E-state index is -0.657. The van der Waals surface area contributed by atoms with Crippen molar-refractivity contribution in [2.75, 3.05) is 32.8 Å². The Balaban J connectivity index is 2.03. The molecule has 2 aromatic carbocycles. The lowest BCUT2D eigenvalue weighted by atomic mass is 9.95. The summed E-state index contributed by atoms with van der Waals surface area (Å²) in [5.41, 5.74) is 2.26. The molecule has 1 amide bonds. The van der Waals surface area contributed by atoms with Crippen LogP contribution in [0, 0.1) is 6.92 Å². The molecule has 0 saturated carbocycles. The van der Waals surface area contributed by atoms with Gasteiger partial charge in [0.2, 0.25) is 0 Å². The highest BCUT2D eigenvalue weighted by atomic mass is 79.9. The van der Waals surface area contributed by atoms with Gasteiger partial charge in [-0.3, -0.25) is 9.59 Å². The number of Topliss-reactive ketones (excluding diaryl/α,β-unsaturated/α-hetero) is 1. The van der Waals surface area contributed by atoms with Gasteiger partial charge in [0.25, 0.3) is 11.7 Å². The molecule has 0 aliphatic carbocycles. The van der Waals surface area contributed by atoms with Gasteiger partial charge < -0.3 is 19.6 Å². The summed E-state index contributed by atoms with van der Waals surface area (Å²) in [5.74, 6) is -0.650. The molecule has 188 valence electrons. The number of carbonyl (C=O) groups is 2. The number of aliphatic hydroxyl groups excluding tert-OH is 1. The highest BCUT2D eigenvalue weighted by Crippen LogP contribution is 2.40. The summed E-state index contributed by atoms with van der Waals surface area (Å²) in [4.78, 5) is 30.2. The molecule has 1 fully saturated rings. The van der Waals surface area contributed by atoms with E-state index in [1.165, 1.54) is 0 Å². The fourth-order valence-electron chi connectivity index (χ4n) is 4.33. The maximum atomic E-state index is 13.2. The van der Waals surface area contributed by atoms with E-state index < -0.39 is 17.7 Å². The van der Waals surface area contributed by atoms with Gasteiger partial charge in [-0.05, 0) is 67.9 Å². The van der Waals surface area contributed by atoms with Crippen molar-refractivity contribution >= 4 is 33.4 Å². The van der Waals surface area contributed by atoms with Crippen molar-refractivity contribution in [2.45, 2.75) is 46.6 Å². The van der Waals surface area contributed by atoms with Crippen LogP contribution in [0.4, 0.5) is 0 Å². The molecular formula is C28H35BrN2O4. The average Bonchev–Trinajstić information content (AvgIpc) is 3.10. The highest BCUT2D eigenvalue weighted by Gasteiger charge is 2.46. The number of halogens is 1. The van der Waals surface area contributed by atoms with E-state index >= 15 is 0 Å². The number of hydrogen-bond donors (Lipinski definition) is 1. The number of unbranched alkanes of at least 4 members (excludes halogenated alkanes) is 1. The molecule has 1 unspecified atom stereocenters. The van der Waals surface area contributed by atoms with Crippen molar-refractivity contribution in [1.29, 1.82) is 0 Å². The Morgan fingerprint density at radius 2 is 1.77 bits per heavy atom. The lowest BCUT2D eigenvalue weighted by Gasteiger charge is -2.28. The van der Waals surface area contributed by atoms with E-state index in [1.54, 1.807) is 17.0 Å². The van der Waals surface area contributed by atoms with Gasteiger partial charge in [-0.2, -0.15) is 0 Å². The van der Waals surface area contributed by atoms with Gasteiger partial charge in [-0.15, -0.1) is 0 Å². The second-order valence-electron chi connectivity index (χ2n) is 8.75. The minimum Gasteiger partial charge on any atom is -0.507 e. The number of ketones is 1. The summed E-state index contributed by atoms with van der Waals surface area (Å²) >= 11 is 3.45. The normalized spacial score (nSPS) is 17.4. The molecule has 0 radical (unpaired) electrons. The van der Waals surface area contributed by atoms with Crippen molar-refractivity contribution in [3.05, 3.63) is 69.2 Å². The fraction of sp³-hybridized carbons (Fsp3) is 0.429. The first-order chi connectivity index (χ1) is 16.8. The van der Waals surface area contributed by atoms with Gasteiger partial charge >= 0.3 is 0 Å². The third kappa shape index (κ3) is 6.14. The van der Waals surface area contributed by atoms with Crippen LogP contribution in [0.1, 0.15) is 56.3 Å². The number of carbonyl (C=O) groups excluding carboxylic acids is 2. The highest BCUT2D eigenvalue weighted by molar-refractivity contribution is 9.10. The Bertz CT molecular complexity index is 1080. The lowest BCUT2D eigenvalue weighted by molar-refractivity contribution is -0.140. The van der Waals surface area contributed by atoms with Crippen LogP contribution in [0.3, 0.4) is 0 Å². The van der Waals surface area contributed by atoms with Crippen LogP contribution < -0.4 is 4.74 Å². The van der Waals surface area contributed by atoms with E-state index in [-0.39, 0.29) is 11.3 Å². The number of aliphatic hydroxyl groups is 1. The predicted molar refractivity (Wildman–Crippen MR) is 143 cm³/mol. The summed E-state index contributed by atoms with van der Waals surface area (Å²) in [6, 6.07) is 12.2. The van der Waals surface area contributed by atoms with E-state index in [2.05, 4.69) is 41.6 Å².